The van der Waals surface area contributed by atoms with Crippen molar-refractivity contribution in [3.8, 4) is 0 Å². The van der Waals surface area contributed by atoms with Gasteiger partial charge in [0.2, 0.25) is 0 Å². The number of rotatable bonds is 7. The van der Waals surface area contributed by atoms with Crippen molar-refractivity contribution in [2.45, 2.75) is 110 Å². The molecule has 0 radical (unpaired) electrons. The van der Waals surface area contributed by atoms with E-state index in [0.717, 1.165) is 36.8 Å². The number of carbonyl (C=O) groups excluding carboxylic acids is 1. The summed E-state index contributed by atoms with van der Waals surface area (Å²) >= 11 is 0. The first-order valence-corrected chi connectivity index (χ1v) is 12.9. The van der Waals surface area contributed by atoms with Gasteiger partial charge >= 0.3 is 5.97 Å². The second-order valence-corrected chi connectivity index (χ2v) is 11.5. The summed E-state index contributed by atoms with van der Waals surface area (Å²) in [6, 6.07) is 0. The van der Waals surface area contributed by atoms with Gasteiger partial charge in [-0.25, -0.2) is 0 Å². The highest BCUT2D eigenvalue weighted by molar-refractivity contribution is 5.69. The molecule has 5 atom stereocenters. The van der Waals surface area contributed by atoms with Crippen LogP contribution in [0.25, 0.3) is 0 Å². The van der Waals surface area contributed by atoms with Crippen LogP contribution in [0.2, 0.25) is 0 Å². The van der Waals surface area contributed by atoms with Crippen molar-refractivity contribution in [2.75, 3.05) is 6.61 Å². The van der Waals surface area contributed by atoms with Crippen LogP contribution in [0.5, 0.6) is 0 Å². The van der Waals surface area contributed by atoms with Gasteiger partial charge in [-0.1, -0.05) is 37.3 Å². The maximum atomic E-state index is 11.9. The number of aliphatic hydroxyl groups excluding tert-OH is 2. The lowest BCUT2D eigenvalue weighted by atomic mass is 9.63. The Hall–Kier alpha value is -1.69. The van der Waals surface area contributed by atoms with Crippen LogP contribution < -0.4 is 0 Å². The van der Waals surface area contributed by atoms with Crippen molar-refractivity contribution in [3.63, 3.8) is 0 Å². The van der Waals surface area contributed by atoms with Crippen molar-refractivity contribution in [1.29, 1.82) is 0 Å². The van der Waals surface area contributed by atoms with Crippen LogP contribution in [-0.4, -0.2) is 46.7 Å². The molecule has 0 aromatic carbocycles. The summed E-state index contributed by atoms with van der Waals surface area (Å²) in [5.41, 5.74) is 4.14. The molecule has 3 aliphatic rings. The van der Waals surface area contributed by atoms with Gasteiger partial charge in [-0.05, 0) is 94.3 Å². The fraction of sp³-hybridized carbons (Fsp3) is 0.690. The molecule has 2 saturated carbocycles. The van der Waals surface area contributed by atoms with E-state index >= 15 is 0 Å². The summed E-state index contributed by atoms with van der Waals surface area (Å²) in [7, 11) is 0. The minimum Gasteiger partial charge on any atom is -0.460 e. The second-order valence-electron chi connectivity index (χ2n) is 11.5. The van der Waals surface area contributed by atoms with Crippen molar-refractivity contribution in [2.24, 2.45) is 11.3 Å². The fourth-order valence-electron chi connectivity index (χ4n) is 5.91. The van der Waals surface area contributed by atoms with Gasteiger partial charge < -0.3 is 19.7 Å². The molecule has 5 nitrogen and oxygen atoms in total. The Morgan fingerprint density at radius 3 is 2.76 bits per heavy atom. The number of allylic oxidation sites excluding steroid dienone is 4. The van der Waals surface area contributed by atoms with Crippen LogP contribution >= 0.6 is 0 Å². The third-order valence-corrected chi connectivity index (χ3v) is 7.63. The lowest BCUT2D eigenvalue weighted by molar-refractivity contribution is -0.155. The Morgan fingerprint density at radius 2 is 2.06 bits per heavy atom. The molecule has 0 aromatic heterocycles. The molecule has 0 saturated heterocycles. The topological polar surface area (TPSA) is 76.0 Å². The minimum absolute atomic E-state index is 0.0229. The van der Waals surface area contributed by atoms with Gasteiger partial charge in [0.1, 0.15) is 5.60 Å². The van der Waals surface area contributed by atoms with Crippen LogP contribution in [0, 0.1) is 11.3 Å². The molecule has 0 bridgehead atoms. The molecule has 0 aliphatic heterocycles. The van der Waals surface area contributed by atoms with Crippen molar-refractivity contribution >= 4 is 5.97 Å². The summed E-state index contributed by atoms with van der Waals surface area (Å²) in [6.45, 7) is 14.7. The summed E-state index contributed by atoms with van der Waals surface area (Å²) in [5, 5.41) is 20.2. The second kappa shape index (κ2) is 10.9. The van der Waals surface area contributed by atoms with Crippen LogP contribution in [-0.2, 0) is 14.3 Å². The number of esters is 1. The Morgan fingerprint density at radius 1 is 1.32 bits per heavy atom. The summed E-state index contributed by atoms with van der Waals surface area (Å²) < 4.78 is 11.6. The average molecular weight is 473 g/mol. The van der Waals surface area contributed by atoms with Crippen LogP contribution in [0.15, 0.2) is 47.1 Å². The molecule has 0 heterocycles. The van der Waals surface area contributed by atoms with Crippen molar-refractivity contribution in [1.82, 2.24) is 0 Å². The molecule has 5 heteroatoms. The Kier molecular flexibility index (Phi) is 8.65. The summed E-state index contributed by atoms with van der Waals surface area (Å²) in [4.78, 5) is 11.9. The molecule has 3 rings (SSSR count). The minimum atomic E-state index is -0.655. The average Bonchev–Trinajstić information content (AvgIpc) is 3.09. The number of carbonyl (C=O) groups is 1. The van der Waals surface area contributed by atoms with Crippen LogP contribution in [0.3, 0.4) is 0 Å². The van der Waals surface area contributed by atoms with E-state index in [4.69, 9.17) is 9.47 Å². The largest absolute Gasteiger partial charge is 0.460 e. The normalized spacial score (nSPS) is 33.1. The van der Waals surface area contributed by atoms with Gasteiger partial charge in [0.25, 0.3) is 0 Å². The summed E-state index contributed by atoms with van der Waals surface area (Å²) in [5.74, 6) is 0.278. The molecule has 190 valence electrons. The molecule has 0 spiro atoms. The zero-order valence-corrected chi connectivity index (χ0v) is 21.7. The maximum absolute atomic E-state index is 11.9. The monoisotopic (exact) mass is 472 g/mol. The predicted octanol–water partition coefficient (Wildman–Crippen LogP) is 5.57. The Bertz CT molecular complexity index is 858. The Labute approximate surface area is 205 Å². The third-order valence-electron chi connectivity index (χ3n) is 7.63. The van der Waals surface area contributed by atoms with E-state index in [-0.39, 0.29) is 17.5 Å². The zero-order valence-electron chi connectivity index (χ0n) is 21.7. The lowest BCUT2D eigenvalue weighted by Gasteiger charge is -2.42. The molecular weight excluding hydrogens is 428 g/mol. The maximum Gasteiger partial charge on any atom is 0.306 e. The van der Waals surface area contributed by atoms with E-state index in [1.165, 1.54) is 11.1 Å². The highest BCUT2D eigenvalue weighted by Gasteiger charge is 2.46. The van der Waals surface area contributed by atoms with Crippen LogP contribution in [0.1, 0.15) is 86.0 Å². The van der Waals surface area contributed by atoms with Crippen molar-refractivity contribution < 1.29 is 24.5 Å². The number of hydrogen-bond donors (Lipinski definition) is 2. The quantitative estimate of drug-likeness (QED) is 0.288. The van der Waals surface area contributed by atoms with E-state index in [2.05, 4.69) is 38.7 Å². The smallest absolute Gasteiger partial charge is 0.306 e. The molecule has 0 aromatic rings. The Balaban J connectivity index is 1.59. The van der Waals surface area contributed by atoms with E-state index in [1.54, 1.807) is 0 Å². The number of aliphatic hydroxyl groups is 2. The molecule has 2 fully saturated rings. The molecular formula is C29H44O5. The van der Waals surface area contributed by atoms with Gasteiger partial charge in [-0.2, -0.15) is 0 Å². The molecule has 0 amide bonds. The van der Waals surface area contributed by atoms with Gasteiger partial charge in [0, 0.05) is 19.4 Å². The van der Waals surface area contributed by atoms with Gasteiger partial charge in [0.05, 0.1) is 18.3 Å². The third kappa shape index (κ3) is 6.50. The highest BCUT2D eigenvalue weighted by Crippen LogP contribution is 2.55. The molecule has 2 N–H and O–H groups in total. The van der Waals surface area contributed by atoms with Crippen LogP contribution in [0.4, 0.5) is 0 Å². The van der Waals surface area contributed by atoms with E-state index in [0.29, 0.717) is 38.2 Å². The zero-order chi connectivity index (χ0) is 25.1. The molecule has 3 aliphatic carbocycles. The predicted molar refractivity (Wildman–Crippen MR) is 135 cm³/mol. The number of fused-ring (bicyclic) bond motifs is 1. The standard InChI is InChI=1S/C29H44O5/c1-19-22(17-23(30)18-26(19)31)12-11-21-9-7-15-29(6)24(13-14-25(21)29)20(2)33-16-8-10-27(32)34-28(3,4)5/h11-13,20,23,25-26,30-31H,1,7-10,14-18H2,2-6H3/t20-,23+,25-,26-,29+/m0/s1. The van der Waals surface area contributed by atoms with Crippen molar-refractivity contribution in [3.05, 3.63) is 47.1 Å². The number of ether oxygens (including phenoxy) is 2. The first kappa shape index (κ1) is 26.9. The molecule has 34 heavy (non-hydrogen) atoms. The van der Waals surface area contributed by atoms with E-state index in [9.17, 15) is 15.0 Å². The van der Waals surface area contributed by atoms with Gasteiger partial charge in [0.15, 0.2) is 0 Å². The molecule has 0 unspecified atom stereocenters. The lowest BCUT2D eigenvalue weighted by Crippen LogP contribution is -2.34. The van der Waals surface area contributed by atoms with E-state index in [1.807, 2.05) is 20.8 Å². The fourth-order valence-corrected chi connectivity index (χ4v) is 5.91. The van der Waals surface area contributed by atoms with E-state index < -0.39 is 17.8 Å². The highest BCUT2D eigenvalue weighted by atomic mass is 16.6. The first-order valence-electron chi connectivity index (χ1n) is 12.9. The van der Waals surface area contributed by atoms with Gasteiger partial charge in [-0.15, -0.1) is 0 Å². The first-order chi connectivity index (χ1) is 15.9. The SMILES string of the molecule is C=C1C(=CC=C2CCC[C@]3(C)C([C@H](C)OCCCC(=O)OC(C)(C)C)=CC[C@@H]23)C[C@@H](O)C[C@@H]1O. The number of hydrogen-bond acceptors (Lipinski definition) is 5. The van der Waals surface area contributed by atoms with Gasteiger partial charge in [-0.3, -0.25) is 4.79 Å². The summed E-state index contributed by atoms with van der Waals surface area (Å²) in [6.07, 6.45) is 11.9.